The van der Waals surface area contributed by atoms with Crippen molar-refractivity contribution in [2.45, 2.75) is 6.92 Å². The van der Waals surface area contributed by atoms with Gasteiger partial charge in [0.15, 0.2) is 17.5 Å². The summed E-state index contributed by atoms with van der Waals surface area (Å²) in [6.45, 7) is 2.04. The van der Waals surface area contributed by atoms with Gasteiger partial charge in [-0.15, -0.1) is 5.10 Å². The first-order chi connectivity index (χ1) is 16.6. The topological polar surface area (TPSA) is 119 Å². The second kappa shape index (κ2) is 7.66. The Morgan fingerprint density at radius 1 is 1.06 bits per heavy atom. The highest BCUT2D eigenvalue weighted by molar-refractivity contribution is 5.84. The number of imidazole rings is 1. The van der Waals surface area contributed by atoms with Crippen molar-refractivity contribution >= 4 is 17.2 Å². The lowest BCUT2D eigenvalue weighted by Gasteiger charge is -2.09. The quantitative estimate of drug-likeness (QED) is 0.412. The molecule has 0 bridgehead atoms. The largest absolute Gasteiger partial charge is 0.331 e. The molecule has 0 aliphatic rings. The fourth-order valence-corrected chi connectivity index (χ4v) is 3.99. The molecule has 6 heterocycles. The van der Waals surface area contributed by atoms with Gasteiger partial charge in [-0.25, -0.2) is 14.5 Å². The molecule has 0 aliphatic heterocycles. The van der Waals surface area contributed by atoms with Crippen LogP contribution in [-0.4, -0.2) is 49.1 Å². The SMILES string of the molecule is Cc1c(-c2ccn(C)n2)cn2nc(-c3nccn3C)nc(Nc3cc(-c4cccnc4)[nH]n3)c12. The number of nitrogens with one attached hydrogen (secondary N) is 2. The van der Waals surface area contributed by atoms with Crippen LogP contribution in [0.25, 0.3) is 39.7 Å². The van der Waals surface area contributed by atoms with Gasteiger partial charge in [0.25, 0.3) is 0 Å². The van der Waals surface area contributed by atoms with E-state index in [9.17, 15) is 0 Å². The van der Waals surface area contributed by atoms with E-state index in [0.717, 1.165) is 33.6 Å². The van der Waals surface area contributed by atoms with E-state index in [2.05, 4.69) is 30.6 Å². The standard InChI is InChI=1S/C23H21N11/c1-14-16(17-6-9-33(3)30-17)13-34-20(14)21(27-22(31-34)23-25-8-10-32(23)2)26-19-11-18(28-29-19)15-5-4-7-24-12-15/h4-13H,1-3H3,(H2,26,27,28,29,31). The maximum absolute atomic E-state index is 4.84. The van der Waals surface area contributed by atoms with Gasteiger partial charge in [0.05, 0.1) is 11.4 Å². The Labute approximate surface area is 194 Å². The van der Waals surface area contributed by atoms with Gasteiger partial charge < -0.3 is 9.88 Å². The Morgan fingerprint density at radius 3 is 2.71 bits per heavy atom. The van der Waals surface area contributed by atoms with Gasteiger partial charge in [-0.2, -0.15) is 10.2 Å². The predicted octanol–water partition coefficient (Wildman–Crippen LogP) is 3.37. The minimum Gasteiger partial charge on any atom is -0.331 e. The number of aromatic nitrogens is 10. The molecule has 6 aromatic heterocycles. The molecular weight excluding hydrogens is 430 g/mol. The number of nitrogens with zero attached hydrogens (tertiary/aromatic N) is 9. The third kappa shape index (κ3) is 3.30. The molecule has 0 unspecified atom stereocenters. The van der Waals surface area contributed by atoms with Gasteiger partial charge in [-0.05, 0) is 30.7 Å². The molecule has 0 atom stereocenters. The number of aromatic amines is 1. The smallest absolute Gasteiger partial charge is 0.218 e. The van der Waals surface area contributed by atoms with Crippen molar-refractivity contribution in [3.8, 4) is 34.2 Å². The first kappa shape index (κ1) is 19.9. The van der Waals surface area contributed by atoms with E-state index in [1.165, 1.54) is 0 Å². The first-order valence-corrected chi connectivity index (χ1v) is 10.7. The highest BCUT2D eigenvalue weighted by atomic mass is 15.3. The molecule has 0 amide bonds. The van der Waals surface area contributed by atoms with Crippen LogP contribution in [0, 0.1) is 6.92 Å². The molecule has 2 N–H and O–H groups in total. The van der Waals surface area contributed by atoms with Crippen molar-refractivity contribution in [1.82, 2.24) is 49.1 Å². The fourth-order valence-electron chi connectivity index (χ4n) is 3.99. The maximum atomic E-state index is 4.84. The molecule has 0 saturated carbocycles. The van der Waals surface area contributed by atoms with E-state index < -0.39 is 0 Å². The molecule has 11 heteroatoms. The third-order valence-electron chi connectivity index (χ3n) is 5.69. The first-order valence-electron chi connectivity index (χ1n) is 10.7. The van der Waals surface area contributed by atoms with Gasteiger partial charge in [0.1, 0.15) is 5.52 Å². The lowest BCUT2D eigenvalue weighted by molar-refractivity contribution is 0.770. The Morgan fingerprint density at radius 2 is 1.97 bits per heavy atom. The number of fused-ring (bicyclic) bond motifs is 1. The van der Waals surface area contributed by atoms with Gasteiger partial charge >= 0.3 is 0 Å². The predicted molar refractivity (Wildman–Crippen MR) is 127 cm³/mol. The van der Waals surface area contributed by atoms with E-state index >= 15 is 0 Å². The summed E-state index contributed by atoms with van der Waals surface area (Å²) in [4.78, 5) is 13.4. The zero-order valence-corrected chi connectivity index (χ0v) is 18.8. The zero-order valence-electron chi connectivity index (χ0n) is 18.8. The van der Waals surface area contributed by atoms with Crippen LogP contribution in [0.5, 0.6) is 0 Å². The van der Waals surface area contributed by atoms with E-state index in [-0.39, 0.29) is 0 Å². The molecule has 6 aromatic rings. The van der Waals surface area contributed by atoms with Gasteiger partial charge in [-0.3, -0.25) is 14.8 Å². The summed E-state index contributed by atoms with van der Waals surface area (Å²) < 4.78 is 5.49. The molecule has 168 valence electrons. The van der Waals surface area contributed by atoms with Crippen LogP contribution in [0.15, 0.2) is 61.4 Å². The summed E-state index contributed by atoms with van der Waals surface area (Å²) in [6.07, 6.45) is 11.0. The second-order valence-corrected chi connectivity index (χ2v) is 8.01. The third-order valence-corrected chi connectivity index (χ3v) is 5.69. The average molecular weight is 451 g/mol. The maximum Gasteiger partial charge on any atom is 0.218 e. The van der Waals surface area contributed by atoms with Crippen LogP contribution in [0.3, 0.4) is 0 Å². The molecular formula is C23H21N11. The van der Waals surface area contributed by atoms with E-state index in [4.69, 9.17) is 10.1 Å². The zero-order chi connectivity index (χ0) is 23.2. The molecule has 11 nitrogen and oxygen atoms in total. The summed E-state index contributed by atoms with van der Waals surface area (Å²) in [5.74, 6) is 2.41. The lowest BCUT2D eigenvalue weighted by atomic mass is 10.1. The molecule has 34 heavy (non-hydrogen) atoms. The fraction of sp³-hybridized carbons (Fsp3) is 0.130. The van der Waals surface area contributed by atoms with Crippen molar-refractivity contribution in [3.63, 3.8) is 0 Å². The minimum atomic E-state index is 0.494. The number of H-pyrrole nitrogens is 1. The van der Waals surface area contributed by atoms with Gasteiger partial charge in [0.2, 0.25) is 5.82 Å². The van der Waals surface area contributed by atoms with Crippen molar-refractivity contribution in [3.05, 3.63) is 67.0 Å². The minimum absolute atomic E-state index is 0.494. The van der Waals surface area contributed by atoms with Crippen molar-refractivity contribution in [2.24, 2.45) is 14.1 Å². The van der Waals surface area contributed by atoms with E-state index in [1.807, 2.05) is 73.0 Å². The van der Waals surface area contributed by atoms with Crippen LogP contribution in [0.1, 0.15) is 5.56 Å². The summed E-state index contributed by atoms with van der Waals surface area (Å²) in [6, 6.07) is 7.77. The highest BCUT2D eigenvalue weighted by Gasteiger charge is 2.20. The molecule has 0 spiro atoms. The number of rotatable bonds is 5. The average Bonchev–Trinajstić information content (AvgIpc) is 3.62. The Balaban J connectivity index is 1.49. The molecule has 0 aromatic carbocycles. The van der Waals surface area contributed by atoms with Crippen molar-refractivity contribution in [2.75, 3.05) is 5.32 Å². The number of hydrogen-bond donors (Lipinski definition) is 2. The van der Waals surface area contributed by atoms with E-state index in [0.29, 0.717) is 23.3 Å². The summed E-state index contributed by atoms with van der Waals surface area (Å²) in [5.41, 5.74) is 5.49. The van der Waals surface area contributed by atoms with E-state index in [1.54, 1.807) is 23.3 Å². The molecule has 0 aliphatic carbocycles. The summed E-state index contributed by atoms with van der Waals surface area (Å²) in [7, 11) is 3.81. The Kier molecular flexibility index (Phi) is 4.47. The van der Waals surface area contributed by atoms with Crippen LogP contribution in [0.2, 0.25) is 0 Å². The van der Waals surface area contributed by atoms with Gasteiger partial charge in [-0.1, -0.05) is 0 Å². The van der Waals surface area contributed by atoms with Crippen LogP contribution in [-0.2, 0) is 14.1 Å². The molecule has 0 saturated heterocycles. The lowest BCUT2D eigenvalue weighted by Crippen LogP contribution is -2.06. The number of pyridine rings is 1. The van der Waals surface area contributed by atoms with Gasteiger partial charge in [0, 0.05) is 68.5 Å². The second-order valence-electron chi connectivity index (χ2n) is 8.01. The Hall–Kier alpha value is -4.80. The van der Waals surface area contributed by atoms with Crippen LogP contribution in [0.4, 0.5) is 11.6 Å². The van der Waals surface area contributed by atoms with Crippen molar-refractivity contribution in [1.29, 1.82) is 0 Å². The summed E-state index contributed by atoms with van der Waals surface area (Å²) >= 11 is 0. The normalized spacial score (nSPS) is 11.4. The summed E-state index contributed by atoms with van der Waals surface area (Å²) in [5, 5.41) is 20.2. The Bertz CT molecular complexity index is 1620. The number of aryl methyl sites for hydroxylation is 3. The van der Waals surface area contributed by atoms with Crippen molar-refractivity contribution < 1.29 is 0 Å². The molecule has 0 radical (unpaired) electrons. The number of anilines is 2. The van der Waals surface area contributed by atoms with Crippen LogP contribution < -0.4 is 5.32 Å². The van der Waals surface area contributed by atoms with Crippen LogP contribution >= 0.6 is 0 Å². The highest BCUT2D eigenvalue weighted by Crippen LogP contribution is 2.32. The molecule has 6 rings (SSSR count). The molecule has 0 fully saturated rings. The number of hydrogen-bond acceptors (Lipinski definition) is 7. The monoisotopic (exact) mass is 451 g/mol.